The van der Waals surface area contributed by atoms with Crippen LogP contribution in [-0.4, -0.2) is 43.9 Å². The lowest BCUT2D eigenvalue weighted by atomic mass is 10.1. The van der Waals surface area contributed by atoms with E-state index in [1.165, 1.54) is 23.8 Å². The van der Waals surface area contributed by atoms with E-state index in [-0.39, 0.29) is 9.79 Å². The third kappa shape index (κ3) is 9.76. The van der Waals surface area contributed by atoms with Crippen molar-refractivity contribution in [1.29, 1.82) is 0 Å². The minimum absolute atomic E-state index is 0.249. The Labute approximate surface area is 278 Å². The topological polar surface area (TPSA) is 117 Å². The van der Waals surface area contributed by atoms with Crippen molar-refractivity contribution in [3.63, 3.8) is 0 Å². The summed E-state index contributed by atoms with van der Waals surface area (Å²) < 4.78 is 70.0. The van der Waals surface area contributed by atoms with E-state index >= 15 is 0 Å². The molecule has 11 heteroatoms. The van der Waals surface area contributed by atoms with Crippen molar-refractivity contribution in [1.82, 2.24) is 5.32 Å². The van der Waals surface area contributed by atoms with Crippen molar-refractivity contribution in [2.45, 2.75) is 49.3 Å². The highest BCUT2D eigenvalue weighted by molar-refractivity contribution is 7.94. The molecule has 1 aliphatic heterocycles. The molecule has 1 N–H and O–H groups in total. The second-order valence-corrected chi connectivity index (χ2v) is 14.6. The zero-order valence-electron chi connectivity index (χ0n) is 27.3. The van der Waals surface area contributed by atoms with Crippen LogP contribution >= 0.6 is 0 Å². The van der Waals surface area contributed by atoms with Crippen molar-refractivity contribution >= 4 is 19.7 Å². The minimum Gasteiger partial charge on any atom is -0.493 e. The number of rotatable bonds is 11. The molecule has 5 rings (SSSR count). The second-order valence-electron chi connectivity index (χ2n) is 10.8. The van der Waals surface area contributed by atoms with E-state index in [4.69, 9.17) is 18.9 Å². The third-order valence-electron chi connectivity index (χ3n) is 7.40. The summed E-state index contributed by atoms with van der Waals surface area (Å²) in [5.74, 6) is 3.61. The van der Waals surface area contributed by atoms with Gasteiger partial charge in [0.15, 0.2) is 32.8 Å². The third-order valence-corrected chi connectivity index (χ3v) is 10.1. The molecular weight excluding hydrogens is 639 g/mol. The first-order valence-corrected chi connectivity index (χ1v) is 18.7. The molecule has 1 aliphatic rings. The summed E-state index contributed by atoms with van der Waals surface area (Å²) in [6.07, 6.45) is 4.74. The van der Waals surface area contributed by atoms with Crippen LogP contribution in [0.2, 0.25) is 0 Å². The maximum absolute atomic E-state index is 12.5. The van der Waals surface area contributed by atoms with Gasteiger partial charge < -0.3 is 24.3 Å². The number of nitrogens with one attached hydrogen (secondary N) is 1. The predicted molar refractivity (Wildman–Crippen MR) is 183 cm³/mol. The smallest absolute Gasteiger partial charge is 0.201 e. The largest absolute Gasteiger partial charge is 0.493 e. The number of hydrogen-bond donors (Lipinski definition) is 1. The number of allylic oxidation sites excluding steroid dienone is 1. The molecule has 1 saturated heterocycles. The number of aryl methyl sites for hydroxylation is 2. The number of hydrogen-bond acceptors (Lipinski definition) is 9. The van der Waals surface area contributed by atoms with Gasteiger partial charge in [-0.25, -0.2) is 16.8 Å². The fraction of sp³-hybridized carbons (Fsp3) is 0.278. The molecule has 0 spiro atoms. The van der Waals surface area contributed by atoms with E-state index in [0.717, 1.165) is 49.1 Å². The molecule has 0 bridgehead atoms. The first-order valence-electron chi connectivity index (χ1n) is 15.2. The Hall–Kier alpha value is -4.48. The van der Waals surface area contributed by atoms with E-state index in [0.29, 0.717) is 34.5 Å². The van der Waals surface area contributed by atoms with Gasteiger partial charge in [0.1, 0.15) is 11.5 Å². The maximum Gasteiger partial charge on any atom is 0.201 e. The van der Waals surface area contributed by atoms with Gasteiger partial charge in [-0.1, -0.05) is 26.0 Å². The van der Waals surface area contributed by atoms with Crippen molar-refractivity contribution in [3.8, 4) is 34.5 Å². The van der Waals surface area contributed by atoms with Gasteiger partial charge in [0.05, 0.1) is 29.4 Å². The first kappa shape index (κ1) is 35.4. The van der Waals surface area contributed by atoms with Crippen LogP contribution < -0.4 is 24.3 Å². The lowest BCUT2D eigenvalue weighted by Crippen LogP contribution is -2.06. The van der Waals surface area contributed by atoms with Gasteiger partial charge in [-0.15, -0.1) is 0 Å². The van der Waals surface area contributed by atoms with Gasteiger partial charge in [0.25, 0.3) is 0 Å². The van der Waals surface area contributed by atoms with Crippen LogP contribution in [0.5, 0.6) is 34.5 Å². The second kappa shape index (κ2) is 15.9. The van der Waals surface area contributed by atoms with Crippen LogP contribution in [0.15, 0.2) is 106 Å². The van der Waals surface area contributed by atoms with Crippen molar-refractivity contribution in [2.75, 3.05) is 27.0 Å². The van der Waals surface area contributed by atoms with E-state index in [1.807, 2.05) is 36.4 Å². The molecule has 0 amide bonds. The van der Waals surface area contributed by atoms with Gasteiger partial charge in [-0.05, 0) is 110 Å². The Bertz CT molecular complexity index is 1890. The average Bonchev–Trinajstić information content (AvgIpc) is 3.58. The molecule has 47 heavy (non-hydrogen) atoms. The fourth-order valence-corrected chi connectivity index (χ4v) is 6.57. The molecule has 1 heterocycles. The van der Waals surface area contributed by atoms with Gasteiger partial charge in [0.2, 0.25) is 9.84 Å². The molecule has 4 aromatic rings. The van der Waals surface area contributed by atoms with Crippen LogP contribution in [-0.2, 0) is 32.5 Å². The normalized spacial score (nSPS) is 13.7. The molecule has 4 aromatic carbocycles. The van der Waals surface area contributed by atoms with Crippen molar-refractivity contribution in [2.24, 2.45) is 0 Å². The Morgan fingerprint density at radius 2 is 1.13 bits per heavy atom. The van der Waals surface area contributed by atoms with Crippen molar-refractivity contribution in [3.05, 3.63) is 107 Å². The fourth-order valence-electron chi connectivity index (χ4n) is 4.71. The van der Waals surface area contributed by atoms with Gasteiger partial charge in [-0.2, -0.15) is 0 Å². The quantitative estimate of drug-likeness (QED) is 0.172. The van der Waals surface area contributed by atoms with E-state index < -0.39 is 19.7 Å². The highest BCUT2D eigenvalue weighted by Gasteiger charge is 2.16. The molecule has 0 saturated carbocycles. The summed E-state index contributed by atoms with van der Waals surface area (Å²) in [6.45, 7) is 4.97. The van der Waals surface area contributed by atoms with Crippen LogP contribution in [0.4, 0.5) is 0 Å². The molecule has 0 atom stereocenters. The Morgan fingerprint density at radius 1 is 0.660 bits per heavy atom. The Morgan fingerprint density at radius 3 is 1.51 bits per heavy atom. The Balaban J connectivity index is 0.000000218. The minimum atomic E-state index is -3.46. The summed E-state index contributed by atoms with van der Waals surface area (Å²) in [4.78, 5) is 0.516. The van der Waals surface area contributed by atoms with Crippen LogP contribution in [0.3, 0.4) is 0 Å². The summed E-state index contributed by atoms with van der Waals surface area (Å²) in [7, 11) is -3.46. The molecule has 250 valence electrons. The molecule has 9 nitrogen and oxygen atoms in total. The number of ether oxygens (including phenoxy) is 4. The molecular formula is C36H41NO8S2. The highest BCUT2D eigenvalue weighted by Crippen LogP contribution is 2.34. The summed E-state index contributed by atoms with van der Waals surface area (Å²) in [5, 5.41) is 4.41. The van der Waals surface area contributed by atoms with Crippen LogP contribution in [0.1, 0.15) is 37.8 Å². The predicted octanol–water partition coefficient (Wildman–Crippen LogP) is 7.50. The van der Waals surface area contributed by atoms with Crippen molar-refractivity contribution < 1.29 is 35.8 Å². The first-order chi connectivity index (χ1) is 22.4. The molecule has 0 radical (unpaired) electrons. The van der Waals surface area contributed by atoms with E-state index in [9.17, 15) is 16.8 Å². The number of sulfone groups is 2. The van der Waals surface area contributed by atoms with E-state index in [2.05, 4.69) is 19.2 Å². The monoisotopic (exact) mass is 679 g/mol. The lowest BCUT2D eigenvalue weighted by Gasteiger charge is -2.12. The molecule has 0 unspecified atom stereocenters. The standard InChI is InChI=1S/C20H23NO4S.C16H18O4S/c1-3-15-6-11-19(20(13-15)24-2)25-17-7-9-18(10-8-17)26(22,23)14-16-5-4-12-21-16;1-4-12-5-10-15(16(11-12)19-2)20-13-6-8-14(9-7-13)21(3,17)18/h6-11,13-14,21H,3-5,12H2,1-2H3;5-11H,4H2,1-3H3/b16-14+;. The zero-order valence-corrected chi connectivity index (χ0v) is 28.9. The van der Waals surface area contributed by atoms with Gasteiger partial charge in [0, 0.05) is 18.5 Å². The molecule has 1 fully saturated rings. The summed E-state index contributed by atoms with van der Waals surface area (Å²) >= 11 is 0. The Kier molecular flexibility index (Phi) is 12.0. The summed E-state index contributed by atoms with van der Waals surface area (Å²) in [6, 6.07) is 24.3. The van der Waals surface area contributed by atoms with E-state index in [1.54, 1.807) is 50.6 Å². The molecule has 0 aliphatic carbocycles. The number of benzene rings is 4. The molecule has 0 aromatic heterocycles. The zero-order chi connectivity index (χ0) is 34.0. The highest BCUT2D eigenvalue weighted by atomic mass is 32.2. The van der Waals surface area contributed by atoms with Gasteiger partial charge >= 0.3 is 0 Å². The van der Waals surface area contributed by atoms with Gasteiger partial charge in [-0.3, -0.25) is 0 Å². The summed E-state index contributed by atoms with van der Waals surface area (Å²) in [5.41, 5.74) is 3.09. The average molecular weight is 680 g/mol. The maximum atomic E-state index is 12.5. The lowest BCUT2D eigenvalue weighted by molar-refractivity contribution is 0.378. The van der Waals surface area contributed by atoms with Crippen LogP contribution in [0.25, 0.3) is 0 Å². The van der Waals surface area contributed by atoms with Crippen LogP contribution in [0, 0.1) is 0 Å². The SMILES string of the molecule is CCc1ccc(Oc2ccc(S(=O)(=O)/C=C3\CCCN3)cc2)c(OC)c1.CCc1ccc(Oc2ccc(S(C)(=O)=O)cc2)c(OC)c1. The number of methoxy groups -OCH3 is 2.